The monoisotopic (exact) mass is 246 g/mol. The molecule has 1 fully saturated rings. The predicted molar refractivity (Wildman–Crippen MR) is 63.8 cm³/mol. The number of benzene rings is 1. The van der Waals surface area contributed by atoms with Gasteiger partial charge in [0.15, 0.2) is 18.2 Å². The molecule has 94 valence electrons. The van der Waals surface area contributed by atoms with E-state index in [1.165, 1.54) is 6.08 Å². The van der Waals surface area contributed by atoms with E-state index in [1.807, 2.05) is 30.3 Å². The summed E-state index contributed by atoms with van der Waals surface area (Å²) < 4.78 is 16.5. The highest BCUT2D eigenvalue weighted by Gasteiger charge is 2.41. The van der Waals surface area contributed by atoms with Crippen molar-refractivity contribution < 1.29 is 19.0 Å². The number of carbonyl (C=O) groups is 1. The Balaban J connectivity index is 1.51. The lowest BCUT2D eigenvalue weighted by Gasteiger charge is -2.14. The van der Waals surface area contributed by atoms with E-state index >= 15 is 0 Å². The van der Waals surface area contributed by atoms with Crippen molar-refractivity contribution in [3.63, 3.8) is 0 Å². The molecule has 0 amide bonds. The van der Waals surface area contributed by atoms with Crippen LogP contribution < -0.4 is 0 Å². The lowest BCUT2D eigenvalue weighted by molar-refractivity contribution is -0.127. The first kappa shape index (κ1) is 11.6. The lowest BCUT2D eigenvalue weighted by Crippen LogP contribution is -2.34. The summed E-state index contributed by atoms with van der Waals surface area (Å²) in [5, 5.41) is 0. The molecule has 0 aromatic heterocycles. The van der Waals surface area contributed by atoms with E-state index in [0.29, 0.717) is 13.2 Å². The van der Waals surface area contributed by atoms with Crippen LogP contribution in [0.4, 0.5) is 0 Å². The number of rotatable bonds is 4. The van der Waals surface area contributed by atoms with Crippen molar-refractivity contribution in [2.24, 2.45) is 0 Å². The molecule has 2 heterocycles. The van der Waals surface area contributed by atoms with Crippen molar-refractivity contribution in [3.8, 4) is 0 Å². The van der Waals surface area contributed by atoms with E-state index in [0.717, 1.165) is 5.56 Å². The summed E-state index contributed by atoms with van der Waals surface area (Å²) in [4.78, 5) is 11.5. The van der Waals surface area contributed by atoms with Gasteiger partial charge in [-0.1, -0.05) is 30.3 Å². The summed E-state index contributed by atoms with van der Waals surface area (Å²) in [5.74, 6) is -0.0444. The van der Waals surface area contributed by atoms with Gasteiger partial charge >= 0.3 is 0 Å². The van der Waals surface area contributed by atoms with Crippen LogP contribution in [0.5, 0.6) is 0 Å². The molecule has 0 N–H and O–H groups in total. The van der Waals surface area contributed by atoms with E-state index < -0.39 is 12.4 Å². The minimum atomic E-state index is -0.504. The average molecular weight is 246 g/mol. The zero-order chi connectivity index (χ0) is 12.4. The molecule has 4 nitrogen and oxygen atoms in total. The summed E-state index contributed by atoms with van der Waals surface area (Å²) in [6.07, 6.45) is 1.96. The maximum atomic E-state index is 11.5. The van der Waals surface area contributed by atoms with Crippen LogP contribution in [0.25, 0.3) is 0 Å². The second-order valence-electron chi connectivity index (χ2n) is 4.36. The zero-order valence-electron chi connectivity index (χ0n) is 9.82. The van der Waals surface area contributed by atoms with Crippen molar-refractivity contribution in [1.82, 2.24) is 0 Å². The maximum absolute atomic E-state index is 11.5. The largest absolute Gasteiger partial charge is 0.374 e. The minimum absolute atomic E-state index is 0.0444. The van der Waals surface area contributed by atoms with Gasteiger partial charge in [0.05, 0.1) is 13.2 Å². The fourth-order valence-corrected chi connectivity index (χ4v) is 2.11. The quantitative estimate of drug-likeness (QED) is 0.806. The molecule has 1 aromatic carbocycles. The van der Waals surface area contributed by atoms with Crippen LogP contribution in [0.1, 0.15) is 5.56 Å². The van der Waals surface area contributed by atoms with Crippen LogP contribution in [0, 0.1) is 0 Å². The van der Waals surface area contributed by atoms with Crippen molar-refractivity contribution in [1.29, 1.82) is 0 Å². The van der Waals surface area contributed by atoms with Crippen molar-refractivity contribution in [2.45, 2.75) is 25.1 Å². The van der Waals surface area contributed by atoms with Gasteiger partial charge in [-0.2, -0.15) is 0 Å². The second-order valence-corrected chi connectivity index (χ2v) is 4.36. The number of hydrogen-bond acceptors (Lipinski definition) is 4. The molecule has 1 aromatic rings. The Hall–Kier alpha value is -1.49. The molecule has 0 saturated carbocycles. The molecule has 0 radical (unpaired) electrons. The Morgan fingerprint density at radius 1 is 1.17 bits per heavy atom. The van der Waals surface area contributed by atoms with Gasteiger partial charge in [-0.15, -0.1) is 0 Å². The van der Waals surface area contributed by atoms with Gasteiger partial charge in [-0.25, -0.2) is 0 Å². The van der Waals surface area contributed by atoms with Gasteiger partial charge in [0.2, 0.25) is 0 Å². The van der Waals surface area contributed by atoms with E-state index in [4.69, 9.17) is 14.2 Å². The third-order valence-corrected chi connectivity index (χ3v) is 3.02. The minimum Gasteiger partial charge on any atom is -0.374 e. The SMILES string of the molecule is O=C1C=C[C@@H]2O[C@@H](COCc3ccccc3)[C@H]1O2. The van der Waals surface area contributed by atoms with Crippen LogP contribution in [-0.2, 0) is 25.6 Å². The van der Waals surface area contributed by atoms with E-state index in [9.17, 15) is 4.79 Å². The van der Waals surface area contributed by atoms with E-state index in [1.54, 1.807) is 6.08 Å². The summed E-state index contributed by atoms with van der Waals surface area (Å²) in [7, 11) is 0. The van der Waals surface area contributed by atoms with Gasteiger partial charge in [0.25, 0.3) is 0 Å². The molecule has 2 bridgehead atoms. The zero-order valence-corrected chi connectivity index (χ0v) is 9.82. The van der Waals surface area contributed by atoms with Crippen LogP contribution >= 0.6 is 0 Å². The highest BCUT2D eigenvalue weighted by molar-refractivity contribution is 5.95. The standard InChI is InChI=1S/C14H14O4/c15-11-6-7-13-17-12(14(11)18-13)9-16-8-10-4-2-1-3-5-10/h1-7,12-14H,8-9H2/t12-,13+,14-/m0/s1. The Bertz CT molecular complexity index is 454. The van der Waals surface area contributed by atoms with Crippen LogP contribution in [0.2, 0.25) is 0 Å². The smallest absolute Gasteiger partial charge is 0.187 e. The molecule has 4 heteroatoms. The van der Waals surface area contributed by atoms with E-state index in [-0.39, 0.29) is 11.9 Å². The van der Waals surface area contributed by atoms with Crippen LogP contribution in [0.3, 0.4) is 0 Å². The third kappa shape index (κ3) is 2.36. The predicted octanol–water partition coefficient (Wildman–Crippen LogP) is 1.45. The molecule has 3 rings (SSSR count). The van der Waals surface area contributed by atoms with Crippen LogP contribution in [0.15, 0.2) is 42.5 Å². The van der Waals surface area contributed by atoms with Gasteiger partial charge in [0, 0.05) is 0 Å². The molecule has 0 spiro atoms. The second kappa shape index (κ2) is 5.02. The highest BCUT2D eigenvalue weighted by atomic mass is 16.7. The van der Waals surface area contributed by atoms with Gasteiger partial charge in [-0.05, 0) is 17.7 Å². The van der Waals surface area contributed by atoms with Crippen molar-refractivity contribution in [2.75, 3.05) is 6.61 Å². The molecule has 3 atom stereocenters. The summed E-state index contributed by atoms with van der Waals surface area (Å²) in [5.41, 5.74) is 1.10. The molecule has 1 saturated heterocycles. The number of ketones is 1. The van der Waals surface area contributed by atoms with Crippen LogP contribution in [-0.4, -0.2) is 30.9 Å². The average Bonchev–Trinajstić information content (AvgIpc) is 2.74. The lowest BCUT2D eigenvalue weighted by atomic mass is 10.1. The Kier molecular flexibility index (Phi) is 3.23. The Labute approximate surface area is 105 Å². The van der Waals surface area contributed by atoms with Gasteiger partial charge in [0.1, 0.15) is 6.10 Å². The molecule has 2 aliphatic rings. The summed E-state index contributed by atoms with van der Waals surface area (Å²) in [6, 6.07) is 9.89. The summed E-state index contributed by atoms with van der Waals surface area (Å²) >= 11 is 0. The van der Waals surface area contributed by atoms with Crippen molar-refractivity contribution >= 4 is 5.78 Å². The fraction of sp³-hybridized carbons (Fsp3) is 0.357. The van der Waals surface area contributed by atoms with Gasteiger partial charge < -0.3 is 14.2 Å². The van der Waals surface area contributed by atoms with Crippen molar-refractivity contribution in [3.05, 3.63) is 48.0 Å². The fourth-order valence-electron chi connectivity index (χ4n) is 2.11. The van der Waals surface area contributed by atoms with Gasteiger partial charge in [-0.3, -0.25) is 4.79 Å². The molecule has 0 aliphatic carbocycles. The molecule has 0 unspecified atom stereocenters. The number of fused-ring (bicyclic) bond motifs is 2. The normalized spacial score (nSPS) is 29.8. The molecular weight excluding hydrogens is 232 g/mol. The first-order valence-corrected chi connectivity index (χ1v) is 5.97. The molecular formula is C14H14O4. The Morgan fingerprint density at radius 3 is 2.83 bits per heavy atom. The molecule has 2 aliphatic heterocycles. The summed E-state index contributed by atoms with van der Waals surface area (Å²) in [6.45, 7) is 0.878. The number of ether oxygens (including phenoxy) is 3. The molecule has 18 heavy (non-hydrogen) atoms. The topological polar surface area (TPSA) is 44.8 Å². The third-order valence-electron chi connectivity index (χ3n) is 3.02. The number of hydrogen-bond donors (Lipinski definition) is 0. The first-order chi connectivity index (χ1) is 8.83. The highest BCUT2D eigenvalue weighted by Crippen LogP contribution is 2.25. The Morgan fingerprint density at radius 2 is 2.00 bits per heavy atom. The van der Waals surface area contributed by atoms with E-state index in [2.05, 4.69) is 0 Å². The number of carbonyl (C=O) groups excluding carboxylic acids is 1. The first-order valence-electron chi connectivity index (χ1n) is 5.97. The maximum Gasteiger partial charge on any atom is 0.187 e.